The largest absolute Gasteiger partial charge is 0.369 e. The molecule has 94 valence electrons. The molecule has 0 aliphatic rings. The van der Waals surface area contributed by atoms with Crippen molar-refractivity contribution in [2.24, 2.45) is 0 Å². The van der Waals surface area contributed by atoms with Crippen molar-refractivity contribution in [2.45, 2.75) is 32.7 Å². The molecule has 0 atom stereocenters. The molecule has 17 heavy (non-hydrogen) atoms. The fraction of sp³-hybridized carbons (Fsp3) is 0.500. The molecule has 2 N–H and O–H groups in total. The molecule has 0 aromatic carbocycles. The molecular formula is C12H18BrN3O. The standard InChI is InChI=1S/C12H18BrN3O/c1-12(2,3)16-10(17)6-8-15-11-9(13)5-4-7-14-11/h4-5,7H,6,8H2,1-3H3,(H,14,15)(H,16,17). The first-order valence-corrected chi connectivity index (χ1v) is 6.33. The van der Waals surface area contributed by atoms with Crippen LogP contribution in [0.2, 0.25) is 0 Å². The average molecular weight is 300 g/mol. The molecule has 0 fully saturated rings. The van der Waals surface area contributed by atoms with Crippen LogP contribution >= 0.6 is 15.9 Å². The summed E-state index contributed by atoms with van der Waals surface area (Å²) < 4.78 is 0.899. The maximum Gasteiger partial charge on any atom is 0.222 e. The molecule has 1 aromatic rings. The van der Waals surface area contributed by atoms with Crippen LogP contribution in [-0.4, -0.2) is 23.0 Å². The van der Waals surface area contributed by atoms with Crippen LogP contribution in [0.3, 0.4) is 0 Å². The second-order valence-electron chi connectivity index (χ2n) is 4.81. The molecule has 0 aliphatic carbocycles. The minimum atomic E-state index is -0.178. The predicted molar refractivity (Wildman–Crippen MR) is 72.9 cm³/mol. The number of halogens is 1. The van der Waals surface area contributed by atoms with E-state index in [9.17, 15) is 4.79 Å². The van der Waals surface area contributed by atoms with Crippen LogP contribution in [0.1, 0.15) is 27.2 Å². The number of nitrogens with one attached hydrogen (secondary N) is 2. The third kappa shape index (κ3) is 5.68. The van der Waals surface area contributed by atoms with E-state index in [2.05, 4.69) is 31.5 Å². The van der Waals surface area contributed by atoms with E-state index in [0.29, 0.717) is 13.0 Å². The predicted octanol–water partition coefficient (Wildman–Crippen LogP) is 2.56. The van der Waals surface area contributed by atoms with Crippen LogP contribution in [0.15, 0.2) is 22.8 Å². The number of amides is 1. The Labute approximate surface area is 110 Å². The average Bonchev–Trinajstić information content (AvgIpc) is 2.18. The van der Waals surface area contributed by atoms with Crippen LogP contribution < -0.4 is 10.6 Å². The van der Waals surface area contributed by atoms with Gasteiger partial charge >= 0.3 is 0 Å². The molecule has 1 amide bonds. The monoisotopic (exact) mass is 299 g/mol. The fourth-order valence-corrected chi connectivity index (χ4v) is 1.69. The minimum absolute atomic E-state index is 0.0389. The van der Waals surface area contributed by atoms with Gasteiger partial charge in [0.05, 0.1) is 4.47 Å². The Hall–Kier alpha value is -1.10. The van der Waals surface area contributed by atoms with Gasteiger partial charge in [0.25, 0.3) is 0 Å². The van der Waals surface area contributed by atoms with Crippen LogP contribution in [0, 0.1) is 0 Å². The van der Waals surface area contributed by atoms with Crippen molar-refractivity contribution < 1.29 is 4.79 Å². The summed E-state index contributed by atoms with van der Waals surface area (Å²) in [6.45, 7) is 6.46. The smallest absolute Gasteiger partial charge is 0.222 e. The van der Waals surface area contributed by atoms with Crippen molar-refractivity contribution in [1.82, 2.24) is 10.3 Å². The number of hydrogen-bond acceptors (Lipinski definition) is 3. The summed E-state index contributed by atoms with van der Waals surface area (Å²) in [4.78, 5) is 15.7. The van der Waals surface area contributed by atoms with Gasteiger partial charge in [0, 0.05) is 24.7 Å². The van der Waals surface area contributed by atoms with Crippen molar-refractivity contribution in [2.75, 3.05) is 11.9 Å². The van der Waals surface area contributed by atoms with Gasteiger partial charge in [-0.1, -0.05) is 0 Å². The van der Waals surface area contributed by atoms with Gasteiger partial charge in [-0.3, -0.25) is 4.79 Å². The van der Waals surface area contributed by atoms with Gasteiger partial charge in [-0.25, -0.2) is 4.98 Å². The first kappa shape index (κ1) is 14.0. The molecule has 0 bridgehead atoms. The summed E-state index contributed by atoms with van der Waals surface area (Å²) >= 11 is 3.39. The molecule has 0 aliphatic heterocycles. The molecule has 0 spiro atoms. The van der Waals surface area contributed by atoms with Crippen LogP contribution in [0.25, 0.3) is 0 Å². The van der Waals surface area contributed by atoms with Crippen molar-refractivity contribution in [3.05, 3.63) is 22.8 Å². The van der Waals surface area contributed by atoms with Crippen molar-refractivity contribution in [3.8, 4) is 0 Å². The minimum Gasteiger partial charge on any atom is -0.369 e. The molecule has 0 saturated carbocycles. The Morgan fingerprint density at radius 2 is 2.18 bits per heavy atom. The Morgan fingerprint density at radius 1 is 1.47 bits per heavy atom. The highest BCUT2D eigenvalue weighted by Crippen LogP contribution is 2.17. The van der Waals surface area contributed by atoms with E-state index in [1.807, 2.05) is 32.9 Å². The van der Waals surface area contributed by atoms with Gasteiger partial charge in [0.2, 0.25) is 5.91 Å². The molecule has 1 aromatic heterocycles. The quantitative estimate of drug-likeness (QED) is 0.898. The number of aromatic nitrogens is 1. The Morgan fingerprint density at radius 3 is 2.76 bits per heavy atom. The van der Waals surface area contributed by atoms with Gasteiger partial charge in [0.1, 0.15) is 5.82 Å². The fourth-order valence-electron chi connectivity index (χ4n) is 1.29. The highest BCUT2D eigenvalue weighted by molar-refractivity contribution is 9.10. The maximum atomic E-state index is 11.6. The second kappa shape index (κ2) is 6.00. The van der Waals surface area contributed by atoms with E-state index < -0.39 is 0 Å². The summed E-state index contributed by atoms with van der Waals surface area (Å²) in [5.41, 5.74) is -0.178. The molecule has 1 rings (SSSR count). The van der Waals surface area contributed by atoms with Gasteiger partial charge in [-0.15, -0.1) is 0 Å². The van der Waals surface area contributed by atoms with Crippen molar-refractivity contribution in [3.63, 3.8) is 0 Å². The lowest BCUT2D eigenvalue weighted by molar-refractivity contribution is -0.122. The highest BCUT2D eigenvalue weighted by atomic mass is 79.9. The van der Waals surface area contributed by atoms with Crippen LogP contribution in [0.4, 0.5) is 5.82 Å². The zero-order valence-electron chi connectivity index (χ0n) is 10.4. The van der Waals surface area contributed by atoms with Gasteiger partial charge in [0.15, 0.2) is 0 Å². The molecule has 5 heteroatoms. The number of pyridine rings is 1. The second-order valence-corrected chi connectivity index (χ2v) is 5.66. The third-order valence-electron chi connectivity index (χ3n) is 1.92. The SMILES string of the molecule is CC(C)(C)NC(=O)CCNc1ncccc1Br. The summed E-state index contributed by atoms with van der Waals surface area (Å²) in [5, 5.41) is 6.02. The van der Waals surface area contributed by atoms with E-state index in [1.165, 1.54) is 0 Å². The van der Waals surface area contributed by atoms with Crippen molar-refractivity contribution >= 4 is 27.7 Å². The van der Waals surface area contributed by atoms with Gasteiger partial charge in [-0.2, -0.15) is 0 Å². The number of hydrogen-bond donors (Lipinski definition) is 2. The summed E-state index contributed by atoms with van der Waals surface area (Å²) in [6.07, 6.45) is 2.14. The molecule has 0 radical (unpaired) electrons. The highest BCUT2D eigenvalue weighted by Gasteiger charge is 2.13. The summed E-state index contributed by atoms with van der Waals surface area (Å²) in [6, 6.07) is 3.76. The third-order valence-corrected chi connectivity index (χ3v) is 2.56. The zero-order valence-corrected chi connectivity index (χ0v) is 12.0. The number of rotatable bonds is 4. The first-order chi connectivity index (χ1) is 7.88. The van der Waals surface area contributed by atoms with Gasteiger partial charge < -0.3 is 10.6 Å². The molecule has 4 nitrogen and oxygen atoms in total. The summed E-state index contributed by atoms with van der Waals surface area (Å²) in [5.74, 6) is 0.799. The zero-order chi connectivity index (χ0) is 12.9. The van der Waals surface area contributed by atoms with E-state index in [0.717, 1.165) is 10.3 Å². The van der Waals surface area contributed by atoms with Crippen LogP contribution in [0.5, 0.6) is 0 Å². The van der Waals surface area contributed by atoms with Crippen molar-refractivity contribution in [1.29, 1.82) is 0 Å². The number of nitrogens with zero attached hydrogens (tertiary/aromatic N) is 1. The molecular weight excluding hydrogens is 282 g/mol. The lowest BCUT2D eigenvalue weighted by atomic mass is 10.1. The Balaban J connectivity index is 2.34. The maximum absolute atomic E-state index is 11.6. The van der Waals surface area contributed by atoms with E-state index in [4.69, 9.17) is 0 Å². The topological polar surface area (TPSA) is 54.0 Å². The van der Waals surface area contributed by atoms with E-state index in [1.54, 1.807) is 6.20 Å². The lowest BCUT2D eigenvalue weighted by Crippen LogP contribution is -2.41. The van der Waals surface area contributed by atoms with E-state index >= 15 is 0 Å². The van der Waals surface area contributed by atoms with E-state index in [-0.39, 0.29) is 11.4 Å². The normalized spacial score (nSPS) is 11.1. The molecule has 1 heterocycles. The van der Waals surface area contributed by atoms with Gasteiger partial charge in [-0.05, 0) is 48.8 Å². The molecule has 0 unspecified atom stereocenters. The number of anilines is 1. The Kier molecular flexibility index (Phi) is 4.93. The first-order valence-electron chi connectivity index (χ1n) is 5.54. The Bertz CT molecular complexity index is 388. The summed E-state index contributed by atoms with van der Waals surface area (Å²) in [7, 11) is 0. The number of carbonyl (C=O) groups excluding carboxylic acids is 1. The number of carbonyl (C=O) groups is 1. The molecule has 0 saturated heterocycles. The lowest BCUT2D eigenvalue weighted by Gasteiger charge is -2.20. The van der Waals surface area contributed by atoms with Crippen LogP contribution in [-0.2, 0) is 4.79 Å².